The van der Waals surface area contributed by atoms with E-state index >= 15 is 0 Å². The molecule has 3 heteroatoms. The Morgan fingerprint density at radius 3 is 2.50 bits per heavy atom. The van der Waals surface area contributed by atoms with Gasteiger partial charge in [0, 0.05) is 29.8 Å². The van der Waals surface area contributed by atoms with Crippen molar-refractivity contribution in [1.82, 2.24) is 0 Å². The highest BCUT2D eigenvalue weighted by molar-refractivity contribution is 9.10. The Kier molecular flexibility index (Phi) is 3.55. The molecule has 1 aromatic carbocycles. The van der Waals surface area contributed by atoms with Crippen LogP contribution in [0.3, 0.4) is 0 Å². The van der Waals surface area contributed by atoms with Gasteiger partial charge < -0.3 is 10.6 Å². The highest BCUT2D eigenvalue weighted by atomic mass is 79.9. The number of benzene rings is 1. The van der Waals surface area contributed by atoms with E-state index in [0.29, 0.717) is 6.54 Å². The lowest BCUT2D eigenvalue weighted by Gasteiger charge is -2.22. The summed E-state index contributed by atoms with van der Waals surface area (Å²) in [5.74, 6) is 1.54. The molecule has 0 aromatic heterocycles. The standard InChI is InChI=1S/C13H19BrN2/c1-9-7-16(8-10(9)2)13-5-12(14)4-3-11(13)6-15/h3-5,9-10H,6-8,15H2,1-2H3. The topological polar surface area (TPSA) is 29.3 Å². The molecule has 1 heterocycles. The van der Waals surface area contributed by atoms with Crippen LogP contribution in [0.4, 0.5) is 5.69 Å². The van der Waals surface area contributed by atoms with E-state index < -0.39 is 0 Å². The van der Waals surface area contributed by atoms with Gasteiger partial charge >= 0.3 is 0 Å². The van der Waals surface area contributed by atoms with Crippen LogP contribution in [-0.2, 0) is 6.54 Å². The smallest absolute Gasteiger partial charge is 0.0423 e. The summed E-state index contributed by atoms with van der Waals surface area (Å²) in [6.45, 7) is 7.55. The van der Waals surface area contributed by atoms with Gasteiger partial charge in [0.15, 0.2) is 0 Å². The number of hydrogen-bond donors (Lipinski definition) is 1. The molecule has 16 heavy (non-hydrogen) atoms. The Morgan fingerprint density at radius 1 is 1.31 bits per heavy atom. The molecule has 2 rings (SSSR count). The first kappa shape index (κ1) is 11.9. The summed E-state index contributed by atoms with van der Waals surface area (Å²) in [5.41, 5.74) is 8.34. The molecule has 0 amide bonds. The zero-order valence-electron chi connectivity index (χ0n) is 9.91. The van der Waals surface area contributed by atoms with Crippen LogP contribution in [0.1, 0.15) is 19.4 Å². The molecule has 1 aliphatic rings. The first-order chi connectivity index (χ1) is 7.61. The lowest BCUT2D eigenvalue weighted by molar-refractivity contribution is 0.494. The van der Waals surface area contributed by atoms with Crippen LogP contribution < -0.4 is 10.6 Å². The predicted octanol–water partition coefficient (Wildman–Crippen LogP) is 3.00. The van der Waals surface area contributed by atoms with Gasteiger partial charge in [-0.15, -0.1) is 0 Å². The third kappa shape index (κ3) is 2.25. The molecular weight excluding hydrogens is 264 g/mol. The van der Waals surface area contributed by atoms with Crippen molar-refractivity contribution in [2.75, 3.05) is 18.0 Å². The second-order valence-electron chi connectivity index (χ2n) is 4.84. The summed E-state index contributed by atoms with van der Waals surface area (Å²) in [5, 5.41) is 0. The Labute approximate surface area is 106 Å². The number of hydrogen-bond acceptors (Lipinski definition) is 2. The van der Waals surface area contributed by atoms with Crippen molar-refractivity contribution in [3.63, 3.8) is 0 Å². The van der Waals surface area contributed by atoms with Crippen molar-refractivity contribution in [1.29, 1.82) is 0 Å². The van der Waals surface area contributed by atoms with Gasteiger partial charge in [-0.3, -0.25) is 0 Å². The van der Waals surface area contributed by atoms with Gasteiger partial charge in [-0.25, -0.2) is 0 Å². The Balaban J connectivity index is 2.29. The van der Waals surface area contributed by atoms with Crippen molar-refractivity contribution >= 4 is 21.6 Å². The molecule has 1 fully saturated rings. The van der Waals surface area contributed by atoms with Crippen molar-refractivity contribution in [2.24, 2.45) is 17.6 Å². The molecule has 1 saturated heterocycles. The fourth-order valence-electron chi connectivity index (χ4n) is 2.33. The molecular formula is C13H19BrN2. The van der Waals surface area contributed by atoms with E-state index in [1.54, 1.807) is 0 Å². The van der Waals surface area contributed by atoms with Crippen LogP contribution >= 0.6 is 15.9 Å². The fourth-order valence-corrected chi connectivity index (χ4v) is 2.68. The summed E-state index contributed by atoms with van der Waals surface area (Å²) in [6, 6.07) is 6.37. The molecule has 2 nitrogen and oxygen atoms in total. The third-order valence-electron chi connectivity index (χ3n) is 3.60. The molecule has 0 bridgehead atoms. The van der Waals surface area contributed by atoms with Crippen molar-refractivity contribution in [2.45, 2.75) is 20.4 Å². The molecule has 0 saturated carbocycles. The predicted molar refractivity (Wildman–Crippen MR) is 72.6 cm³/mol. The van der Waals surface area contributed by atoms with Gasteiger partial charge in [-0.1, -0.05) is 35.8 Å². The number of halogens is 1. The maximum Gasteiger partial charge on any atom is 0.0423 e. The number of nitrogens with zero attached hydrogens (tertiary/aromatic N) is 1. The Morgan fingerprint density at radius 2 is 1.94 bits per heavy atom. The molecule has 2 N–H and O–H groups in total. The normalized spacial score (nSPS) is 25.1. The van der Waals surface area contributed by atoms with Crippen LogP contribution in [0.2, 0.25) is 0 Å². The number of anilines is 1. The molecule has 0 aliphatic carbocycles. The summed E-state index contributed by atoms with van der Waals surface area (Å²) >= 11 is 3.54. The average Bonchev–Trinajstić information content (AvgIpc) is 2.59. The molecule has 88 valence electrons. The molecule has 1 aliphatic heterocycles. The minimum atomic E-state index is 0.613. The summed E-state index contributed by atoms with van der Waals surface area (Å²) in [7, 11) is 0. The van der Waals surface area contributed by atoms with Gasteiger partial charge in [0.2, 0.25) is 0 Å². The summed E-state index contributed by atoms with van der Waals surface area (Å²) in [6.07, 6.45) is 0. The van der Waals surface area contributed by atoms with E-state index in [-0.39, 0.29) is 0 Å². The fraction of sp³-hybridized carbons (Fsp3) is 0.538. The number of nitrogens with two attached hydrogens (primary N) is 1. The second-order valence-corrected chi connectivity index (χ2v) is 5.75. The zero-order valence-corrected chi connectivity index (χ0v) is 11.5. The van der Waals surface area contributed by atoms with Gasteiger partial charge in [-0.05, 0) is 29.5 Å². The van der Waals surface area contributed by atoms with Crippen molar-refractivity contribution in [3.05, 3.63) is 28.2 Å². The van der Waals surface area contributed by atoms with Crippen LogP contribution in [-0.4, -0.2) is 13.1 Å². The lowest BCUT2D eigenvalue weighted by atomic mass is 10.0. The van der Waals surface area contributed by atoms with E-state index in [0.717, 1.165) is 29.4 Å². The van der Waals surface area contributed by atoms with Crippen LogP contribution in [0.15, 0.2) is 22.7 Å². The van der Waals surface area contributed by atoms with E-state index in [1.165, 1.54) is 11.3 Å². The van der Waals surface area contributed by atoms with Crippen LogP contribution in [0.5, 0.6) is 0 Å². The Hall–Kier alpha value is -0.540. The first-order valence-electron chi connectivity index (χ1n) is 5.85. The molecule has 1 aromatic rings. The maximum atomic E-state index is 5.80. The zero-order chi connectivity index (χ0) is 11.7. The monoisotopic (exact) mass is 282 g/mol. The van der Waals surface area contributed by atoms with Crippen LogP contribution in [0.25, 0.3) is 0 Å². The quantitative estimate of drug-likeness (QED) is 0.904. The van der Waals surface area contributed by atoms with E-state index in [1.807, 2.05) is 0 Å². The largest absolute Gasteiger partial charge is 0.371 e. The summed E-state index contributed by atoms with van der Waals surface area (Å²) in [4.78, 5) is 2.46. The third-order valence-corrected chi connectivity index (χ3v) is 4.09. The average molecular weight is 283 g/mol. The van der Waals surface area contributed by atoms with E-state index in [4.69, 9.17) is 5.73 Å². The summed E-state index contributed by atoms with van der Waals surface area (Å²) < 4.78 is 1.13. The highest BCUT2D eigenvalue weighted by Crippen LogP contribution is 2.31. The van der Waals surface area contributed by atoms with Gasteiger partial charge in [0.25, 0.3) is 0 Å². The maximum absolute atomic E-state index is 5.80. The molecule has 2 unspecified atom stereocenters. The lowest BCUT2D eigenvalue weighted by Crippen LogP contribution is -2.21. The van der Waals surface area contributed by atoms with Crippen molar-refractivity contribution < 1.29 is 0 Å². The molecule has 0 spiro atoms. The minimum Gasteiger partial charge on any atom is -0.371 e. The SMILES string of the molecule is CC1CN(c2cc(Br)ccc2CN)CC1C. The van der Waals surface area contributed by atoms with Crippen molar-refractivity contribution in [3.8, 4) is 0 Å². The van der Waals surface area contributed by atoms with Gasteiger partial charge in [-0.2, -0.15) is 0 Å². The number of rotatable bonds is 2. The molecule has 0 radical (unpaired) electrons. The minimum absolute atomic E-state index is 0.613. The molecule has 2 atom stereocenters. The van der Waals surface area contributed by atoms with E-state index in [9.17, 15) is 0 Å². The first-order valence-corrected chi connectivity index (χ1v) is 6.64. The van der Waals surface area contributed by atoms with Crippen LogP contribution in [0, 0.1) is 11.8 Å². The highest BCUT2D eigenvalue weighted by Gasteiger charge is 2.27. The van der Waals surface area contributed by atoms with Gasteiger partial charge in [0.05, 0.1) is 0 Å². The van der Waals surface area contributed by atoms with E-state index in [2.05, 4.69) is 52.9 Å². The van der Waals surface area contributed by atoms with Gasteiger partial charge in [0.1, 0.15) is 0 Å². The Bertz CT molecular complexity index is 368. The second kappa shape index (κ2) is 4.76.